The van der Waals surface area contributed by atoms with Crippen molar-refractivity contribution in [1.29, 1.82) is 0 Å². The molecule has 1 aromatic heterocycles. The van der Waals surface area contributed by atoms with E-state index in [2.05, 4.69) is 15.5 Å². The smallest absolute Gasteiger partial charge is 0.265 e. The SMILES string of the molecule is C[C@@H]1Oc2ccccc2O[C@@H]1C(=O)NCc1nc(Cc2ccccc2)no1. The fourth-order valence-electron chi connectivity index (χ4n) is 2.88. The van der Waals surface area contributed by atoms with E-state index < -0.39 is 12.2 Å². The van der Waals surface area contributed by atoms with Crippen molar-refractivity contribution in [3.8, 4) is 11.5 Å². The number of amides is 1. The van der Waals surface area contributed by atoms with Gasteiger partial charge in [0.1, 0.15) is 6.10 Å². The van der Waals surface area contributed by atoms with Crippen molar-refractivity contribution in [1.82, 2.24) is 15.5 Å². The summed E-state index contributed by atoms with van der Waals surface area (Å²) in [6.45, 7) is 1.93. The van der Waals surface area contributed by atoms with E-state index in [0.717, 1.165) is 5.56 Å². The third kappa shape index (κ3) is 3.92. The van der Waals surface area contributed by atoms with Crippen molar-refractivity contribution in [2.75, 3.05) is 0 Å². The number of fused-ring (bicyclic) bond motifs is 1. The van der Waals surface area contributed by atoms with Crippen LogP contribution >= 0.6 is 0 Å². The maximum Gasteiger partial charge on any atom is 0.265 e. The number of carbonyl (C=O) groups excluding carboxylic acids is 1. The molecule has 1 aliphatic heterocycles. The van der Waals surface area contributed by atoms with E-state index in [1.165, 1.54) is 0 Å². The molecular formula is C20H19N3O4. The summed E-state index contributed by atoms with van der Waals surface area (Å²) in [6, 6.07) is 17.1. The summed E-state index contributed by atoms with van der Waals surface area (Å²) in [6.07, 6.45) is -0.575. The second-order valence-corrected chi connectivity index (χ2v) is 6.29. The van der Waals surface area contributed by atoms with Gasteiger partial charge in [0, 0.05) is 6.42 Å². The van der Waals surface area contributed by atoms with Gasteiger partial charge >= 0.3 is 0 Å². The van der Waals surface area contributed by atoms with Crippen LogP contribution in [0.25, 0.3) is 0 Å². The van der Waals surface area contributed by atoms with Crippen LogP contribution in [-0.2, 0) is 17.8 Å². The average molecular weight is 365 g/mol. The quantitative estimate of drug-likeness (QED) is 0.748. The Morgan fingerprint density at radius 1 is 1.04 bits per heavy atom. The highest BCUT2D eigenvalue weighted by molar-refractivity contribution is 5.82. The van der Waals surface area contributed by atoms with Crippen LogP contribution in [0, 0.1) is 0 Å². The van der Waals surface area contributed by atoms with Crippen LogP contribution in [0.1, 0.15) is 24.2 Å². The Balaban J connectivity index is 1.34. The molecule has 0 aliphatic carbocycles. The minimum atomic E-state index is -0.744. The largest absolute Gasteiger partial charge is 0.482 e. The number of nitrogens with one attached hydrogen (secondary N) is 1. The van der Waals surface area contributed by atoms with E-state index in [0.29, 0.717) is 29.6 Å². The number of nitrogens with zero attached hydrogens (tertiary/aromatic N) is 2. The molecule has 0 saturated carbocycles. The average Bonchev–Trinajstić information content (AvgIpc) is 3.13. The highest BCUT2D eigenvalue weighted by atomic mass is 16.6. The monoisotopic (exact) mass is 365 g/mol. The van der Waals surface area contributed by atoms with Crippen LogP contribution in [0.2, 0.25) is 0 Å². The summed E-state index contributed by atoms with van der Waals surface area (Å²) in [5, 5.41) is 6.72. The van der Waals surface area contributed by atoms with Gasteiger partial charge in [-0.2, -0.15) is 4.98 Å². The van der Waals surface area contributed by atoms with Crippen molar-refractivity contribution < 1.29 is 18.8 Å². The maximum atomic E-state index is 12.5. The van der Waals surface area contributed by atoms with Crippen molar-refractivity contribution in [2.45, 2.75) is 32.1 Å². The maximum absolute atomic E-state index is 12.5. The highest BCUT2D eigenvalue weighted by Gasteiger charge is 2.34. The number of benzene rings is 2. The molecule has 2 aromatic carbocycles. The number of carbonyl (C=O) groups is 1. The van der Waals surface area contributed by atoms with Crippen molar-refractivity contribution in [3.05, 3.63) is 71.9 Å². The summed E-state index contributed by atoms with van der Waals surface area (Å²) in [5.41, 5.74) is 1.09. The van der Waals surface area contributed by atoms with Gasteiger partial charge in [0.05, 0.1) is 6.54 Å². The number of aromatic nitrogens is 2. The predicted octanol–water partition coefficient (Wildman–Crippen LogP) is 2.51. The van der Waals surface area contributed by atoms with Gasteiger partial charge in [0.2, 0.25) is 12.0 Å². The summed E-state index contributed by atoms with van der Waals surface area (Å²) >= 11 is 0. The molecule has 0 spiro atoms. The lowest BCUT2D eigenvalue weighted by atomic mass is 10.1. The molecule has 2 atom stereocenters. The molecule has 138 valence electrons. The van der Waals surface area contributed by atoms with E-state index >= 15 is 0 Å². The molecule has 1 aliphatic rings. The van der Waals surface area contributed by atoms with Crippen LogP contribution in [0.15, 0.2) is 59.1 Å². The first-order valence-corrected chi connectivity index (χ1v) is 8.74. The molecule has 1 amide bonds. The third-order valence-electron chi connectivity index (χ3n) is 4.23. The Hall–Kier alpha value is -3.35. The molecule has 7 heteroatoms. The van der Waals surface area contributed by atoms with Gasteiger partial charge in [-0.05, 0) is 24.6 Å². The zero-order valence-electron chi connectivity index (χ0n) is 14.8. The van der Waals surface area contributed by atoms with Gasteiger partial charge in [-0.15, -0.1) is 0 Å². The molecule has 2 heterocycles. The summed E-state index contributed by atoms with van der Waals surface area (Å²) < 4.78 is 16.7. The van der Waals surface area contributed by atoms with E-state index in [1.54, 1.807) is 13.0 Å². The highest BCUT2D eigenvalue weighted by Crippen LogP contribution is 2.33. The molecular weight excluding hydrogens is 346 g/mol. The normalized spacial score (nSPS) is 18.1. The van der Waals surface area contributed by atoms with Crippen molar-refractivity contribution >= 4 is 5.91 Å². The third-order valence-corrected chi connectivity index (χ3v) is 4.23. The lowest BCUT2D eigenvalue weighted by Gasteiger charge is -2.30. The number of hydrogen-bond acceptors (Lipinski definition) is 6. The van der Waals surface area contributed by atoms with Crippen molar-refractivity contribution in [2.24, 2.45) is 0 Å². The molecule has 0 radical (unpaired) electrons. The van der Waals surface area contributed by atoms with Crippen LogP contribution in [0.4, 0.5) is 0 Å². The predicted molar refractivity (Wildman–Crippen MR) is 96.3 cm³/mol. The molecule has 4 rings (SSSR count). The van der Waals surface area contributed by atoms with Gasteiger partial charge in [0.25, 0.3) is 5.91 Å². The van der Waals surface area contributed by atoms with Crippen LogP contribution < -0.4 is 14.8 Å². The summed E-state index contributed by atoms with van der Waals surface area (Å²) in [5.74, 6) is 1.82. The van der Waals surface area contributed by atoms with Crippen molar-refractivity contribution in [3.63, 3.8) is 0 Å². The Labute approximate surface area is 156 Å². The molecule has 0 saturated heterocycles. The van der Waals surface area contributed by atoms with Crippen LogP contribution in [0.5, 0.6) is 11.5 Å². The van der Waals surface area contributed by atoms with E-state index in [1.807, 2.05) is 48.5 Å². The van der Waals surface area contributed by atoms with Crippen LogP contribution in [0.3, 0.4) is 0 Å². The Morgan fingerprint density at radius 2 is 1.74 bits per heavy atom. The van der Waals surface area contributed by atoms with Gasteiger partial charge in [0.15, 0.2) is 17.3 Å². The van der Waals surface area contributed by atoms with Gasteiger partial charge in [-0.25, -0.2) is 0 Å². The number of hydrogen-bond donors (Lipinski definition) is 1. The molecule has 0 fully saturated rings. The lowest BCUT2D eigenvalue weighted by molar-refractivity contribution is -0.133. The van der Waals surface area contributed by atoms with Gasteiger partial charge < -0.3 is 19.3 Å². The molecule has 3 aromatic rings. The molecule has 7 nitrogen and oxygen atoms in total. The fraction of sp³-hybridized carbons (Fsp3) is 0.250. The minimum Gasteiger partial charge on any atom is -0.482 e. The van der Waals surface area contributed by atoms with E-state index in [-0.39, 0.29) is 12.5 Å². The minimum absolute atomic E-state index is 0.134. The number of ether oxygens (including phenoxy) is 2. The fourth-order valence-corrected chi connectivity index (χ4v) is 2.88. The topological polar surface area (TPSA) is 86.5 Å². The van der Waals surface area contributed by atoms with E-state index in [4.69, 9.17) is 14.0 Å². The molecule has 0 bridgehead atoms. The Morgan fingerprint density at radius 3 is 2.52 bits per heavy atom. The van der Waals surface area contributed by atoms with E-state index in [9.17, 15) is 4.79 Å². The zero-order chi connectivity index (χ0) is 18.6. The van der Waals surface area contributed by atoms with Gasteiger partial charge in [-0.1, -0.05) is 47.6 Å². The first-order chi connectivity index (χ1) is 13.2. The number of para-hydroxylation sites is 2. The molecule has 0 unspecified atom stereocenters. The summed E-state index contributed by atoms with van der Waals surface area (Å²) in [4.78, 5) is 16.8. The number of rotatable bonds is 5. The second kappa shape index (κ2) is 7.49. The van der Waals surface area contributed by atoms with Crippen LogP contribution in [-0.4, -0.2) is 28.3 Å². The first-order valence-electron chi connectivity index (χ1n) is 8.74. The second-order valence-electron chi connectivity index (χ2n) is 6.29. The standard InChI is InChI=1S/C20H19N3O4/c1-13-19(26-16-10-6-5-9-15(16)25-13)20(24)21-12-18-22-17(23-27-18)11-14-7-3-2-4-8-14/h2-10,13,19H,11-12H2,1H3,(H,21,24)/t13-,19-/m0/s1. The Bertz CT molecular complexity index is 926. The first kappa shape index (κ1) is 17.1. The summed E-state index contributed by atoms with van der Waals surface area (Å²) in [7, 11) is 0. The molecule has 27 heavy (non-hydrogen) atoms. The molecule has 1 N–H and O–H groups in total. The van der Waals surface area contributed by atoms with Gasteiger partial charge in [-0.3, -0.25) is 4.79 Å². The Kier molecular flexibility index (Phi) is 4.74. The zero-order valence-corrected chi connectivity index (χ0v) is 14.8. The lowest BCUT2D eigenvalue weighted by Crippen LogP contribution is -2.48.